The lowest BCUT2D eigenvalue weighted by Crippen LogP contribution is -2.29. The van der Waals surface area contributed by atoms with Crippen LogP contribution in [0.4, 0.5) is 5.69 Å². The Kier molecular flexibility index (Phi) is 4.79. The molecule has 6 heteroatoms. The van der Waals surface area contributed by atoms with Gasteiger partial charge in [0.2, 0.25) is 10.0 Å². The largest absolute Gasteiger partial charge is 0.399 e. The van der Waals surface area contributed by atoms with Crippen LogP contribution < -0.4 is 10.5 Å². The summed E-state index contributed by atoms with van der Waals surface area (Å²) < 4.78 is 32.2. The predicted octanol–water partition coefficient (Wildman–Crippen LogP) is 1.51. The van der Waals surface area contributed by atoms with Crippen LogP contribution in [-0.2, 0) is 14.8 Å². The highest BCUT2D eigenvalue weighted by molar-refractivity contribution is 7.89. The molecule has 2 rings (SSSR count). The number of nitrogens with one attached hydrogen (secondary N) is 1. The van der Waals surface area contributed by atoms with E-state index in [1.807, 2.05) is 0 Å². The lowest BCUT2D eigenvalue weighted by Gasteiger charge is -2.22. The summed E-state index contributed by atoms with van der Waals surface area (Å²) in [6.07, 6.45) is 4.16. The minimum absolute atomic E-state index is 0.178. The van der Waals surface area contributed by atoms with Crippen LogP contribution in [0.15, 0.2) is 29.2 Å². The average molecular weight is 284 g/mol. The Balaban J connectivity index is 1.87. The Hall–Kier alpha value is -1.11. The number of nitrogen functional groups attached to an aromatic ring is 1. The number of anilines is 1. The first-order valence-corrected chi connectivity index (χ1v) is 8.03. The highest BCUT2D eigenvalue weighted by atomic mass is 32.2. The lowest BCUT2D eigenvalue weighted by molar-refractivity contribution is 0.0123. The van der Waals surface area contributed by atoms with Crippen LogP contribution in [-0.4, -0.2) is 27.7 Å². The summed E-state index contributed by atoms with van der Waals surface area (Å²) in [6.45, 7) is 1.18. The molecular formula is C13H20N2O3S. The fourth-order valence-corrected chi connectivity index (χ4v) is 3.26. The molecule has 106 valence electrons. The van der Waals surface area contributed by atoms with Crippen LogP contribution >= 0.6 is 0 Å². The Labute approximate surface area is 114 Å². The third kappa shape index (κ3) is 4.19. The Bertz CT molecular complexity index is 510. The molecule has 1 aromatic carbocycles. The van der Waals surface area contributed by atoms with Crippen molar-refractivity contribution in [3.8, 4) is 0 Å². The van der Waals surface area contributed by atoms with E-state index in [4.69, 9.17) is 10.5 Å². The molecule has 1 aliphatic heterocycles. The summed E-state index contributed by atoms with van der Waals surface area (Å²) >= 11 is 0. The highest BCUT2D eigenvalue weighted by Gasteiger charge is 2.17. The molecule has 0 bridgehead atoms. The second kappa shape index (κ2) is 6.36. The number of hydrogen-bond donors (Lipinski definition) is 2. The quantitative estimate of drug-likeness (QED) is 0.803. The van der Waals surface area contributed by atoms with Crippen molar-refractivity contribution in [3.63, 3.8) is 0 Å². The Morgan fingerprint density at radius 2 is 2.21 bits per heavy atom. The van der Waals surface area contributed by atoms with Crippen LogP contribution in [0.25, 0.3) is 0 Å². The van der Waals surface area contributed by atoms with E-state index in [1.54, 1.807) is 12.1 Å². The first-order valence-electron chi connectivity index (χ1n) is 6.55. The van der Waals surface area contributed by atoms with Gasteiger partial charge in [-0.15, -0.1) is 0 Å². The lowest BCUT2D eigenvalue weighted by atomic mass is 10.1. The van der Waals surface area contributed by atoms with E-state index in [1.165, 1.54) is 12.1 Å². The smallest absolute Gasteiger partial charge is 0.240 e. The molecule has 1 heterocycles. The molecule has 1 unspecified atom stereocenters. The molecular weight excluding hydrogens is 264 g/mol. The molecule has 5 nitrogen and oxygen atoms in total. The van der Waals surface area contributed by atoms with Gasteiger partial charge in [-0.3, -0.25) is 0 Å². The molecule has 1 aromatic rings. The fraction of sp³-hybridized carbons (Fsp3) is 0.538. The van der Waals surface area contributed by atoms with E-state index in [-0.39, 0.29) is 11.0 Å². The van der Waals surface area contributed by atoms with Gasteiger partial charge in [0, 0.05) is 18.8 Å². The number of rotatable bonds is 5. The van der Waals surface area contributed by atoms with Crippen molar-refractivity contribution in [1.82, 2.24) is 4.72 Å². The fourth-order valence-electron chi connectivity index (χ4n) is 2.15. The molecule has 1 fully saturated rings. The molecule has 0 saturated carbocycles. The molecule has 0 aromatic heterocycles. The van der Waals surface area contributed by atoms with Crippen molar-refractivity contribution in [2.24, 2.45) is 0 Å². The zero-order valence-corrected chi connectivity index (χ0v) is 11.7. The summed E-state index contributed by atoms with van der Waals surface area (Å²) in [5.74, 6) is 0. The number of ether oxygens (including phenoxy) is 1. The molecule has 1 aliphatic rings. The number of hydrogen-bond acceptors (Lipinski definition) is 4. The monoisotopic (exact) mass is 284 g/mol. The van der Waals surface area contributed by atoms with Crippen LogP contribution in [0.3, 0.4) is 0 Å². The molecule has 3 N–H and O–H groups in total. The topological polar surface area (TPSA) is 81.4 Å². The highest BCUT2D eigenvalue weighted by Crippen LogP contribution is 2.16. The van der Waals surface area contributed by atoms with Gasteiger partial charge >= 0.3 is 0 Å². The zero-order valence-electron chi connectivity index (χ0n) is 10.8. The van der Waals surface area contributed by atoms with Gasteiger partial charge < -0.3 is 10.5 Å². The van der Waals surface area contributed by atoms with Gasteiger partial charge in [-0.25, -0.2) is 13.1 Å². The number of nitrogens with two attached hydrogens (primary N) is 1. The van der Waals surface area contributed by atoms with Crippen molar-refractivity contribution in [2.45, 2.75) is 36.7 Å². The Morgan fingerprint density at radius 1 is 1.37 bits per heavy atom. The maximum atomic E-state index is 12.0. The van der Waals surface area contributed by atoms with E-state index in [0.29, 0.717) is 18.7 Å². The van der Waals surface area contributed by atoms with E-state index >= 15 is 0 Å². The summed E-state index contributed by atoms with van der Waals surface area (Å²) in [6, 6.07) is 6.29. The third-order valence-corrected chi connectivity index (χ3v) is 4.66. The molecule has 1 saturated heterocycles. The van der Waals surface area contributed by atoms with Gasteiger partial charge in [0.25, 0.3) is 0 Å². The van der Waals surface area contributed by atoms with Gasteiger partial charge in [-0.05, 0) is 43.9 Å². The Morgan fingerprint density at radius 3 is 2.89 bits per heavy atom. The van der Waals surface area contributed by atoms with E-state index in [9.17, 15) is 8.42 Å². The number of benzene rings is 1. The standard InChI is InChI=1S/C13H20N2O3S/c14-11-4-3-6-13(10-11)19(16,17)15-8-7-12-5-1-2-9-18-12/h3-4,6,10,12,15H,1-2,5,7-9,14H2. The molecule has 0 spiro atoms. The second-order valence-corrected chi connectivity index (χ2v) is 6.51. The van der Waals surface area contributed by atoms with Crippen molar-refractivity contribution >= 4 is 15.7 Å². The molecule has 1 atom stereocenters. The van der Waals surface area contributed by atoms with Crippen LogP contribution in [0, 0.1) is 0 Å². The number of sulfonamides is 1. The van der Waals surface area contributed by atoms with E-state index < -0.39 is 10.0 Å². The van der Waals surface area contributed by atoms with Gasteiger partial charge in [-0.1, -0.05) is 6.07 Å². The molecule has 19 heavy (non-hydrogen) atoms. The molecule has 0 aliphatic carbocycles. The van der Waals surface area contributed by atoms with Crippen molar-refractivity contribution in [1.29, 1.82) is 0 Å². The SMILES string of the molecule is Nc1cccc(S(=O)(=O)NCCC2CCCCO2)c1. The van der Waals surface area contributed by atoms with Crippen molar-refractivity contribution in [3.05, 3.63) is 24.3 Å². The van der Waals surface area contributed by atoms with Gasteiger partial charge in [0.1, 0.15) is 0 Å². The second-order valence-electron chi connectivity index (χ2n) is 4.75. The molecule has 0 amide bonds. The maximum Gasteiger partial charge on any atom is 0.240 e. The summed E-state index contributed by atoms with van der Waals surface area (Å²) in [7, 11) is -3.47. The van der Waals surface area contributed by atoms with Gasteiger partial charge in [0.15, 0.2) is 0 Å². The van der Waals surface area contributed by atoms with Crippen molar-refractivity contribution < 1.29 is 13.2 Å². The predicted molar refractivity (Wildman–Crippen MR) is 74.3 cm³/mol. The van der Waals surface area contributed by atoms with Gasteiger partial charge in [0.05, 0.1) is 11.0 Å². The van der Waals surface area contributed by atoms with Crippen LogP contribution in [0.2, 0.25) is 0 Å². The van der Waals surface area contributed by atoms with Gasteiger partial charge in [-0.2, -0.15) is 0 Å². The first kappa shape index (κ1) is 14.3. The molecule has 0 radical (unpaired) electrons. The van der Waals surface area contributed by atoms with Crippen LogP contribution in [0.5, 0.6) is 0 Å². The van der Waals surface area contributed by atoms with Crippen LogP contribution in [0.1, 0.15) is 25.7 Å². The summed E-state index contributed by atoms with van der Waals surface area (Å²) in [5, 5.41) is 0. The summed E-state index contributed by atoms with van der Waals surface area (Å²) in [4.78, 5) is 0.206. The normalized spacial score (nSPS) is 20.3. The minimum atomic E-state index is -3.47. The third-order valence-electron chi connectivity index (χ3n) is 3.20. The van der Waals surface area contributed by atoms with E-state index in [2.05, 4.69) is 4.72 Å². The maximum absolute atomic E-state index is 12.0. The van der Waals surface area contributed by atoms with E-state index in [0.717, 1.165) is 25.9 Å². The first-order chi connectivity index (χ1) is 9.08. The summed E-state index contributed by atoms with van der Waals surface area (Å²) in [5.41, 5.74) is 6.03. The minimum Gasteiger partial charge on any atom is -0.399 e. The zero-order chi connectivity index (χ0) is 13.7. The van der Waals surface area contributed by atoms with Crippen molar-refractivity contribution in [2.75, 3.05) is 18.9 Å². The average Bonchev–Trinajstić information content (AvgIpc) is 2.40.